The number of aryl methyl sites for hydroxylation is 2. The Labute approximate surface area is 152 Å². The normalized spacial score (nSPS) is 10.6. The van der Waals surface area contributed by atoms with Crippen LogP contribution in [0.4, 0.5) is 5.69 Å². The summed E-state index contributed by atoms with van der Waals surface area (Å²) in [6.07, 6.45) is 0. The molecule has 0 saturated carbocycles. The van der Waals surface area contributed by atoms with Crippen LogP contribution in [0.5, 0.6) is 0 Å². The van der Waals surface area contributed by atoms with Crippen LogP contribution in [0.1, 0.15) is 25.8 Å². The van der Waals surface area contributed by atoms with Gasteiger partial charge in [0.2, 0.25) is 0 Å². The summed E-state index contributed by atoms with van der Waals surface area (Å²) in [5.74, 6) is -0.449. The summed E-state index contributed by atoms with van der Waals surface area (Å²) in [6, 6.07) is 8.63. The molecule has 0 aliphatic heterocycles. The number of hydrogen-bond acceptors (Lipinski definition) is 6. The molecule has 1 amide bonds. The molecule has 0 bridgehead atoms. The molecule has 0 aliphatic carbocycles. The van der Waals surface area contributed by atoms with E-state index in [0.29, 0.717) is 12.1 Å². The Morgan fingerprint density at radius 2 is 2.08 bits per heavy atom. The van der Waals surface area contributed by atoms with Crippen LogP contribution in [-0.2, 0) is 6.54 Å². The Hall–Kier alpha value is -2.58. The Balaban J connectivity index is 1.72. The molecule has 0 spiro atoms. The molecule has 1 N–H and O–H groups in total. The number of thiophene rings is 1. The van der Waals surface area contributed by atoms with E-state index in [4.69, 9.17) is 0 Å². The molecule has 25 heavy (non-hydrogen) atoms. The lowest BCUT2D eigenvalue weighted by molar-refractivity contribution is -0.385. The Bertz CT molecular complexity index is 946. The van der Waals surface area contributed by atoms with Gasteiger partial charge in [0.05, 0.1) is 27.0 Å². The minimum atomic E-state index is -0.516. The lowest BCUT2D eigenvalue weighted by Crippen LogP contribution is -2.23. The number of nitro groups is 1. The van der Waals surface area contributed by atoms with Crippen molar-refractivity contribution in [2.24, 2.45) is 0 Å². The first-order valence-electron chi connectivity index (χ1n) is 7.49. The molecule has 0 atom stereocenters. The number of benzene rings is 1. The zero-order chi connectivity index (χ0) is 18.0. The second kappa shape index (κ2) is 7.12. The van der Waals surface area contributed by atoms with Crippen molar-refractivity contribution in [3.8, 4) is 10.6 Å². The first-order chi connectivity index (χ1) is 12.0. The number of thiazole rings is 1. The van der Waals surface area contributed by atoms with Crippen LogP contribution in [-0.4, -0.2) is 15.8 Å². The van der Waals surface area contributed by atoms with Crippen LogP contribution in [0, 0.1) is 24.0 Å². The van der Waals surface area contributed by atoms with Gasteiger partial charge in [-0.3, -0.25) is 14.9 Å². The van der Waals surface area contributed by atoms with E-state index in [2.05, 4.69) is 10.3 Å². The summed E-state index contributed by atoms with van der Waals surface area (Å²) >= 11 is 3.14. The predicted molar refractivity (Wildman–Crippen MR) is 99.2 cm³/mol. The number of aromatic nitrogens is 1. The topological polar surface area (TPSA) is 85.1 Å². The smallest absolute Gasteiger partial charge is 0.285 e. The average molecular weight is 373 g/mol. The summed E-state index contributed by atoms with van der Waals surface area (Å²) in [7, 11) is 0. The number of carbonyl (C=O) groups is 1. The van der Waals surface area contributed by atoms with Crippen molar-refractivity contribution in [2.45, 2.75) is 20.4 Å². The Morgan fingerprint density at radius 1 is 1.28 bits per heavy atom. The van der Waals surface area contributed by atoms with E-state index in [-0.39, 0.29) is 11.3 Å². The summed E-state index contributed by atoms with van der Waals surface area (Å²) in [4.78, 5) is 29.5. The molecule has 3 rings (SSSR count). The van der Waals surface area contributed by atoms with Crippen molar-refractivity contribution in [1.82, 2.24) is 10.3 Å². The molecule has 2 aromatic heterocycles. The summed E-state index contributed by atoms with van der Waals surface area (Å²) < 4.78 is 0. The number of carbonyl (C=O) groups excluding carboxylic acids is 1. The highest BCUT2D eigenvalue weighted by molar-refractivity contribution is 7.16. The van der Waals surface area contributed by atoms with Gasteiger partial charge in [-0.25, -0.2) is 4.98 Å². The summed E-state index contributed by atoms with van der Waals surface area (Å²) in [6.45, 7) is 3.89. The molecule has 3 aromatic rings. The first-order valence-corrected chi connectivity index (χ1v) is 9.18. The fourth-order valence-electron chi connectivity index (χ4n) is 2.43. The molecule has 2 heterocycles. The number of nitrogens with zero attached hydrogens (tertiary/aromatic N) is 2. The maximum Gasteiger partial charge on any atom is 0.285 e. The number of hydrogen-bond donors (Lipinski definition) is 1. The van der Waals surface area contributed by atoms with E-state index < -0.39 is 10.8 Å². The minimum Gasteiger partial charge on any atom is -0.347 e. The maximum absolute atomic E-state index is 12.4. The number of nitro benzene ring substituents is 1. The largest absolute Gasteiger partial charge is 0.347 e. The van der Waals surface area contributed by atoms with Gasteiger partial charge in [-0.1, -0.05) is 12.1 Å². The zero-order valence-electron chi connectivity index (χ0n) is 13.6. The van der Waals surface area contributed by atoms with E-state index in [1.165, 1.54) is 6.07 Å². The molecule has 0 aliphatic rings. The monoisotopic (exact) mass is 373 g/mol. The van der Waals surface area contributed by atoms with Gasteiger partial charge in [-0.05, 0) is 32.0 Å². The van der Waals surface area contributed by atoms with Gasteiger partial charge in [-0.2, -0.15) is 0 Å². The van der Waals surface area contributed by atoms with E-state index in [9.17, 15) is 14.9 Å². The highest BCUT2D eigenvalue weighted by Crippen LogP contribution is 2.29. The molecular formula is C17H15N3O3S2. The first kappa shape index (κ1) is 17.2. The minimum absolute atomic E-state index is 0.0805. The van der Waals surface area contributed by atoms with E-state index in [1.807, 2.05) is 24.4 Å². The standard InChI is InChI=1S/C17H15N3O3S2/c1-10-4-3-5-13(16(10)20(22)23)17(21)18-8-12-6-7-15(25-12)14-9-24-11(2)19-14/h3-7,9H,8H2,1-2H3,(H,18,21). The molecule has 0 saturated heterocycles. The van der Waals surface area contributed by atoms with Crippen LogP contribution in [0.3, 0.4) is 0 Å². The summed E-state index contributed by atoms with van der Waals surface area (Å²) in [5, 5.41) is 17.0. The molecule has 128 valence electrons. The second-order valence-electron chi connectivity index (χ2n) is 5.43. The second-order valence-corrected chi connectivity index (χ2v) is 7.66. The molecular weight excluding hydrogens is 358 g/mol. The van der Waals surface area contributed by atoms with Crippen molar-refractivity contribution < 1.29 is 9.72 Å². The lowest BCUT2D eigenvalue weighted by Gasteiger charge is -2.06. The van der Waals surface area contributed by atoms with Gasteiger partial charge in [-0.15, -0.1) is 22.7 Å². The van der Waals surface area contributed by atoms with E-state index in [0.717, 1.165) is 20.5 Å². The highest BCUT2D eigenvalue weighted by Gasteiger charge is 2.22. The van der Waals surface area contributed by atoms with Gasteiger partial charge in [0.15, 0.2) is 0 Å². The SMILES string of the molecule is Cc1nc(-c2ccc(CNC(=O)c3cccc(C)c3[N+](=O)[O-])s2)cs1. The van der Waals surface area contributed by atoms with Crippen LogP contribution in [0.15, 0.2) is 35.7 Å². The van der Waals surface area contributed by atoms with Crippen LogP contribution >= 0.6 is 22.7 Å². The molecule has 0 fully saturated rings. The highest BCUT2D eigenvalue weighted by atomic mass is 32.1. The van der Waals surface area contributed by atoms with E-state index >= 15 is 0 Å². The molecule has 1 aromatic carbocycles. The molecule has 0 unspecified atom stereocenters. The van der Waals surface area contributed by atoms with Gasteiger partial charge < -0.3 is 5.32 Å². The third-order valence-electron chi connectivity index (χ3n) is 3.62. The summed E-state index contributed by atoms with van der Waals surface area (Å²) in [5.41, 5.74) is 1.33. The molecule has 6 nitrogen and oxygen atoms in total. The van der Waals surface area contributed by atoms with Crippen LogP contribution < -0.4 is 5.32 Å². The van der Waals surface area contributed by atoms with Crippen molar-refractivity contribution >= 4 is 34.3 Å². The van der Waals surface area contributed by atoms with Crippen molar-refractivity contribution in [1.29, 1.82) is 0 Å². The van der Waals surface area contributed by atoms with E-state index in [1.54, 1.807) is 41.7 Å². The van der Waals surface area contributed by atoms with Crippen molar-refractivity contribution in [3.05, 3.63) is 66.8 Å². The third kappa shape index (κ3) is 3.75. The average Bonchev–Trinajstić information content (AvgIpc) is 3.20. The number of para-hydroxylation sites is 1. The van der Waals surface area contributed by atoms with Gasteiger partial charge in [0, 0.05) is 15.8 Å². The lowest BCUT2D eigenvalue weighted by atomic mass is 10.1. The van der Waals surface area contributed by atoms with Crippen molar-refractivity contribution in [3.63, 3.8) is 0 Å². The number of amides is 1. The maximum atomic E-state index is 12.4. The zero-order valence-corrected chi connectivity index (χ0v) is 15.2. The van der Waals surface area contributed by atoms with Gasteiger partial charge in [0.25, 0.3) is 11.6 Å². The van der Waals surface area contributed by atoms with Crippen LogP contribution in [0.25, 0.3) is 10.6 Å². The molecule has 8 heteroatoms. The molecule has 0 radical (unpaired) electrons. The van der Waals surface area contributed by atoms with Crippen molar-refractivity contribution in [2.75, 3.05) is 0 Å². The Morgan fingerprint density at radius 3 is 2.76 bits per heavy atom. The third-order valence-corrected chi connectivity index (χ3v) is 5.50. The van der Waals surface area contributed by atoms with Gasteiger partial charge in [0.1, 0.15) is 5.56 Å². The quantitative estimate of drug-likeness (QED) is 0.533. The predicted octanol–water partition coefficient (Wildman–Crippen LogP) is 4.33. The Kier molecular flexibility index (Phi) is 4.91. The van der Waals surface area contributed by atoms with Gasteiger partial charge >= 0.3 is 0 Å². The fourth-order valence-corrected chi connectivity index (χ4v) is 4.03. The van der Waals surface area contributed by atoms with Crippen LogP contribution in [0.2, 0.25) is 0 Å². The number of rotatable bonds is 5. The fraction of sp³-hybridized carbons (Fsp3) is 0.176. The number of nitrogens with one attached hydrogen (secondary N) is 1.